The molecular formula is C26H26N10O. The Kier molecular flexibility index (Phi) is 5.10. The van der Waals surface area contributed by atoms with Crippen LogP contribution in [-0.2, 0) is 4.79 Å². The number of anilines is 2. The van der Waals surface area contributed by atoms with E-state index < -0.39 is 0 Å². The molecule has 5 aromatic heterocycles. The number of carbonyl (C=O) groups excluding carboxylic acids is 1. The summed E-state index contributed by atoms with van der Waals surface area (Å²) >= 11 is 0. The molecule has 1 aliphatic carbocycles. The molecule has 1 saturated carbocycles. The predicted molar refractivity (Wildman–Crippen MR) is 141 cm³/mol. The van der Waals surface area contributed by atoms with Crippen molar-refractivity contribution < 1.29 is 4.79 Å². The highest BCUT2D eigenvalue weighted by Gasteiger charge is 2.29. The third-order valence-electron chi connectivity index (χ3n) is 7.12. The van der Waals surface area contributed by atoms with E-state index in [1.165, 1.54) is 0 Å². The van der Waals surface area contributed by atoms with Gasteiger partial charge in [0.1, 0.15) is 11.2 Å². The molecule has 1 amide bonds. The van der Waals surface area contributed by atoms with Crippen molar-refractivity contribution in [1.82, 2.24) is 40.0 Å². The first-order valence-corrected chi connectivity index (χ1v) is 12.5. The number of nitrogens with zero attached hydrogens (tertiary/aromatic N) is 7. The Morgan fingerprint density at radius 1 is 1.05 bits per heavy atom. The van der Waals surface area contributed by atoms with Crippen LogP contribution in [0.4, 0.5) is 11.5 Å². The summed E-state index contributed by atoms with van der Waals surface area (Å²) in [5.41, 5.74) is 5.55. The van der Waals surface area contributed by atoms with E-state index in [9.17, 15) is 4.79 Å². The minimum Gasteiger partial charge on any atom is -0.352 e. The van der Waals surface area contributed by atoms with E-state index in [1.807, 2.05) is 24.4 Å². The van der Waals surface area contributed by atoms with E-state index in [0.29, 0.717) is 17.2 Å². The van der Waals surface area contributed by atoms with Gasteiger partial charge in [-0.25, -0.2) is 15.0 Å². The molecule has 2 aliphatic rings. The van der Waals surface area contributed by atoms with Gasteiger partial charge in [0.15, 0.2) is 17.3 Å². The molecule has 0 unspecified atom stereocenters. The lowest BCUT2D eigenvalue weighted by atomic mass is 10.1. The largest absolute Gasteiger partial charge is 0.352 e. The molecule has 1 aliphatic heterocycles. The molecule has 186 valence electrons. The van der Waals surface area contributed by atoms with Crippen molar-refractivity contribution >= 4 is 39.5 Å². The molecule has 7 rings (SSSR count). The van der Waals surface area contributed by atoms with Gasteiger partial charge in [0.05, 0.1) is 22.8 Å². The maximum Gasteiger partial charge on any atom is 0.227 e. The normalized spacial score (nSPS) is 16.5. The minimum absolute atomic E-state index is 0.0555. The Balaban J connectivity index is 1.24. The maximum atomic E-state index is 12.2. The fraction of sp³-hybridized carbons (Fsp3) is 0.308. The Hall–Kier alpha value is -4.38. The molecule has 0 bridgehead atoms. The number of nitrogens with one attached hydrogen (secondary N) is 3. The second kappa shape index (κ2) is 8.63. The molecule has 11 heteroatoms. The van der Waals surface area contributed by atoms with Gasteiger partial charge in [0, 0.05) is 61.8 Å². The highest BCUT2D eigenvalue weighted by molar-refractivity contribution is 5.96. The second-order valence-electron chi connectivity index (χ2n) is 9.83. The van der Waals surface area contributed by atoms with Crippen molar-refractivity contribution in [2.24, 2.45) is 5.92 Å². The molecule has 1 saturated heterocycles. The van der Waals surface area contributed by atoms with E-state index in [2.05, 4.69) is 52.3 Å². The summed E-state index contributed by atoms with van der Waals surface area (Å²) < 4.78 is 0. The quantitative estimate of drug-likeness (QED) is 0.340. The molecule has 0 atom stereocenters. The van der Waals surface area contributed by atoms with Gasteiger partial charge in [0.2, 0.25) is 5.91 Å². The average Bonchev–Trinajstić information content (AvgIpc) is 3.55. The monoisotopic (exact) mass is 494 g/mol. The number of amides is 1. The van der Waals surface area contributed by atoms with Crippen LogP contribution in [0.5, 0.6) is 0 Å². The number of pyridine rings is 3. The van der Waals surface area contributed by atoms with Crippen LogP contribution in [0.2, 0.25) is 0 Å². The summed E-state index contributed by atoms with van der Waals surface area (Å²) in [5.74, 6) is 1.76. The predicted octanol–water partition coefficient (Wildman–Crippen LogP) is 3.06. The number of imidazole rings is 1. The third kappa shape index (κ3) is 4.06. The number of rotatable bonds is 5. The van der Waals surface area contributed by atoms with Gasteiger partial charge < -0.3 is 20.1 Å². The first-order chi connectivity index (χ1) is 18.1. The Bertz CT molecular complexity index is 1630. The van der Waals surface area contributed by atoms with E-state index in [4.69, 9.17) is 4.98 Å². The topological polar surface area (TPSA) is 132 Å². The number of piperazine rings is 1. The number of likely N-dealkylation sites (N-methyl/N-ethyl adjacent to an activating group) is 1. The molecule has 37 heavy (non-hydrogen) atoms. The first kappa shape index (κ1) is 21.9. The fourth-order valence-electron chi connectivity index (χ4n) is 4.78. The van der Waals surface area contributed by atoms with Crippen molar-refractivity contribution in [1.29, 1.82) is 0 Å². The van der Waals surface area contributed by atoms with Crippen LogP contribution in [-0.4, -0.2) is 79.2 Å². The molecule has 3 N–H and O–H groups in total. The van der Waals surface area contributed by atoms with E-state index in [-0.39, 0.29) is 11.8 Å². The van der Waals surface area contributed by atoms with Crippen molar-refractivity contribution in [3.8, 4) is 22.6 Å². The number of hydrogen-bond donors (Lipinski definition) is 3. The summed E-state index contributed by atoms with van der Waals surface area (Å²) in [6.45, 7) is 3.82. The molecule has 2 fully saturated rings. The molecule has 6 heterocycles. The number of H-pyrrole nitrogens is 2. The van der Waals surface area contributed by atoms with Crippen LogP contribution in [0.1, 0.15) is 12.8 Å². The zero-order valence-electron chi connectivity index (χ0n) is 20.4. The Morgan fingerprint density at radius 3 is 2.73 bits per heavy atom. The molecule has 0 spiro atoms. The van der Waals surface area contributed by atoms with Gasteiger partial charge in [-0.2, -0.15) is 5.10 Å². The van der Waals surface area contributed by atoms with Gasteiger partial charge in [-0.3, -0.25) is 14.9 Å². The van der Waals surface area contributed by atoms with E-state index in [1.54, 1.807) is 18.6 Å². The highest BCUT2D eigenvalue weighted by Crippen LogP contribution is 2.33. The van der Waals surface area contributed by atoms with Gasteiger partial charge in [-0.15, -0.1) is 0 Å². The summed E-state index contributed by atoms with van der Waals surface area (Å²) in [6, 6.07) is 5.89. The van der Waals surface area contributed by atoms with Crippen LogP contribution in [0.3, 0.4) is 0 Å². The molecule has 11 nitrogen and oxygen atoms in total. The number of hydrogen-bond acceptors (Lipinski definition) is 8. The Morgan fingerprint density at radius 2 is 1.89 bits per heavy atom. The van der Waals surface area contributed by atoms with E-state index >= 15 is 0 Å². The van der Waals surface area contributed by atoms with Gasteiger partial charge >= 0.3 is 0 Å². The number of fused-ring (bicyclic) bond motifs is 2. The van der Waals surface area contributed by atoms with Crippen LogP contribution in [0, 0.1) is 5.92 Å². The third-order valence-corrected chi connectivity index (χ3v) is 7.12. The number of carbonyl (C=O) groups is 1. The molecular weight excluding hydrogens is 468 g/mol. The van der Waals surface area contributed by atoms with Gasteiger partial charge in [-0.1, -0.05) is 0 Å². The zero-order valence-corrected chi connectivity index (χ0v) is 20.4. The summed E-state index contributed by atoms with van der Waals surface area (Å²) in [7, 11) is 2.14. The smallest absolute Gasteiger partial charge is 0.227 e. The van der Waals surface area contributed by atoms with Gasteiger partial charge in [0.25, 0.3) is 0 Å². The van der Waals surface area contributed by atoms with Crippen LogP contribution >= 0.6 is 0 Å². The van der Waals surface area contributed by atoms with Gasteiger partial charge in [-0.05, 0) is 38.1 Å². The summed E-state index contributed by atoms with van der Waals surface area (Å²) in [4.78, 5) is 38.7. The van der Waals surface area contributed by atoms with Crippen LogP contribution < -0.4 is 10.2 Å². The summed E-state index contributed by atoms with van der Waals surface area (Å²) in [5, 5.41) is 11.3. The maximum absolute atomic E-state index is 12.2. The lowest BCUT2D eigenvalue weighted by Crippen LogP contribution is -2.44. The Labute approximate surface area is 212 Å². The van der Waals surface area contributed by atoms with Crippen molar-refractivity contribution in [2.75, 3.05) is 43.4 Å². The zero-order chi connectivity index (χ0) is 24.9. The van der Waals surface area contributed by atoms with E-state index in [0.717, 1.165) is 78.1 Å². The molecule has 0 aromatic carbocycles. The number of aromatic amines is 2. The van der Waals surface area contributed by atoms with Crippen LogP contribution in [0.25, 0.3) is 44.7 Å². The highest BCUT2D eigenvalue weighted by atomic mass is 16.2. The van der Waals surface area contributed by atoms with Crippen molar-refractivity contribution in [3.05, 3.63) is 43.0 Å². The first-order valence-electron chi connectivity index (χ1n) is 12.5. The van der Waals surface area contributed by atoms with Crippen molar-refractivity contribution in [3.63, 3.8) is 0 Å². The molecule has 5 aromatic rings. The second-order valence-corrected chi connectivity index (χ2v) is 9.83. The SMILES string of the molecule is CN1CCN(c2nccc3[nH]c(-c4[nH]nc5ncc(-c6cncc(NC(=O)C7CC7)c6)cc45)nc23)CC1. The molecule has 0 radical (unpaired) electrons. The fourth-order valence-corrected chi connectivity index (χ4v) is 4.78. The minimum atomic E-state index is 0.0555. The number of aromatic nitrogens is 7. The average molecular weight is 495 g/mol. The van der Waals surface area contributed by atoms with Crippen LogP contribution in [0.15, 0.2) is 43.0 Å². The lowest BCUT2D eigenvalue weighted by Gasteiger charge is -2.33. The summed E-state index contributed by atoms with van der Waals surface area (Å²) in [6.07, 6.45) is 8.94. The van der Waals surface area contributed by atoms with Crippen molar-refractivity contribution in [2.45, 2.75) is 12.8 Å². The standard InChI is InChI=1S/C26H26N10O/c1-35-6-8-36(9-7-35)25-22-20(4-5-28-25)31-24(32-22)21-19-11-17(13-29-23(19)34-33-21)16-10-18(14-27-12-16)30-26(37)15-2-3-15/h4-5,10-15H,2-3,6-9H2,1H3,(H,30,37)(H,31,32)(H,29,33,34). The lowest BCUT2D eigenvalue weighted by molar-refractivity contribution is -0.117.